The molecule has 1 amide bonds. The summed E-state index contributed by atoms with van der Waals surface area (Å²) in [6.07, 6.45) is 2.97. The summed E-state index contributed by atoms with van der Waals surface area (Å²) in [5.74, 6) is -1.23. The Bertz CT molecular complexity index is 809. The van der Waals surface area contributed by atoms with Crippen molar-refractivity contribution in [2.75, 3.05) is 13.1 Å². The lowest BCUT2D eigenvalue weighted by atomic mass is 10.1. The lowest BCUT2D eigenvalue weighted by Crippen LogP contribution is -2.44. The second-order valence-electron chi connectivity index (χ2n) is 7.11. The van der Waals surface area contributed by atoms with Crippen LogP contribution in [0.5, 0.6) is 0 Å². The van der Waals surface area contributed by atoms with E-state index < -0.39 is 16.9 Å². The van der Waals surface area contributed by atoms with Gasteiger partial charge in [-0.2, -0.15) is 0 Å². The van der Waals surface area contributed by atoms with E-state index in [0.29, 0.717) is 4.90 Å². The molecule has 2 aliphatic heterocycles. The summed E-state index contributed by atoms with van der Waals surface area (Å²) in [6, 6.07) is 13.4. The Morgan fingerprint density at radius 1 is 1.07 bits per heavy atom. The van der Waals surface area contributed by atoms with Crippen LogP contribution in [0, 0.1) is 11.6 Å². The number of hydrogen-bond donors (Lipinski definition) is 1. The zero-order chi connectivity index (χ0) is 18.8. The van der Waals surface area contributed by atoms with Gasteiger partial charge in [-0.15, -0.1) is 24.2 Å². The zero-order valence-corrected chi connectivity index (χ0v) is 16.9. The van der Waals surface area contributed by atoms with E-state index in [-0.39, 0.29) is 30.4 Å². The molecule has 2 aliphatic rings. The normalized spacial score (nSPS) is 22.3. The van der Waals surface area contributed by atoms with Gasteiger partial charge in [0.05, 0.1) is 0 Å². The van der Waals surface area contributed by atoms with Crippen LogP contribution in [0.15, 0.2) is 53.4 Å². The van der Waals surface area contributed by atoms with E-state index in [2.05, 4.69) is 5.32 Å². The Hall–Kier alpha value is -1.63. The predicted octanol–water partition coefficient (Wildman–Crippen LogP) is 4.57. The summed E-state index contributed by atoms with van der Waals surface area (Å²) in [5.41, 5.74) is 0.841. The van der Waals surface area contributed by atoms with Crippen LogP contribution in [0.25, 0.3) is 0 Å². The minimum absolute atomic E-state index is 0. The second-order valence-corrected chi connectivity index (χ2v) is 8.25. The molecule has 2 saturated heterocycles. The second kappa shape index (κ2) is 9.25. The molecule has 0 radical (unpaired) electrons. The number of benzene rings is 2. The maximum absolute atomic E-state index is 14.3. The fourth-order valence-electron chi connectivity index (χ4n) is 4.06. The first-order valence-electron chi connectivity index (χ1n) is 9.33. The van der Waals surface area contributed by atoms with Crippen molar-refractivity contribution >= 4 is 30.1 Å². The van der Waals surface area contributed by atoms with Crippen LogP contribution < -0.4 is 5.32 Å². The number of rotatable bonds is 4. The Morgan fingerprint density at radius 2 is 1.82 bits per heavy atom. The van der Waals surface area contributed by atoms with Gasteiger partial charge in [0.1, 0.15) is 16.9 Å². The topological polar surface area (TPSA) is 32.3 Å². The van der Waals surface area contributed by atoms with E-state index in [1.54, 1.807) is 0 Å². The number of carbonyl (C=O) groups excluding carboxylic acids is 1. The first kappa shape index (κ1) is 21.1. The number of carbonyl (C=O) groups is 1. The van der Waals surface area contributed by atoms with Crippen molar-refractivity contribution in [3.63, 3.8) is 0 Å². The molecule has 0 aromatic heterocycles. The molecule has 2 aromatic carbocycles. The third-order valence-electron chi connectivity index (χ3n) is 5.37. The number of hydrogen-bond acceptors (Lipinski definition) is 3. The smallest absolute Gasteiger partial charge is 0.241 e. The van der Waals surface area contributed by atoms with Gasteiger partial charge in [0.2, 0.25) is 5.91 Å². The molecule has 0 aliphatic carbocycles. The maximum Gasteiger partial charge on any atom is 0.241 e. The molecular weight excluding hydrogens is 402 g/mol. The average Bonchev–Trinajstić information content (AvgIpc) is 2.94. The van der Waals surface area contributed by atoms with Crippen LogP contribution in [-0.2, 0) is 4.79 Å². The summed E-state index contributed by atoms with van der Waals surface area (Å²) in [6.45, 7) is 1.72. The van der Waals surface area contributed by atoms with E-state index in [0.717, 1.165) is 55.7 Å². The van der Waals surface area contributed by atoms with E-state index in [1.807, 2.05) is 35.2 Å². The largest absolute Gasteiger partial charge is 0.334 e. The molecule has 2 bridgehead atoms. The Labute approximate surface area is 174 Å². The fourth-order valence-corrected chi connectivity index (χ4v) is 5.15. The molecule has 0 spiro atoms. The van der Waals surface area contributed by atoms with Crippen molar-refractivity contribution in [3.05, 3.63) is 65.7 Å². The first-order valence-corrected chi connectivity index (χ1v) is 10.2. The molecule has 2 heterocycles. The number of nitrogens with one attached hydrogen (secondary N) is 1. The van der Waals surface area contributed by atoms with Crippen LogP contribution in [0.4, 0.5) is 8.78 Å². The summed E-state index contributed by atoms with van der Waals surface area (Å²) in [4.78, 5) is 15.9. The minimum Gasteiger partial charge on any atom is -0.334 e. The molecule has 3 atom stereocenters. The summed E-state index contributed by atoms with van der Waals surface area (Å²) < 4.78 is 27.5. The van der Waals surface area contributed by atoms with Gasteiger partial charge in [-0.3, -0.25) is 4.79 Å². The molecule has 3 nitrogen and oxygen atoms in total. The molecule has 0 saturated carbocycles. The van der Waals surface area contributed by atoms with Crippen LogP contribution in [0.1, 0.15) is 30.1 Å². The molecule has 150 valence electrons. The number of fused-ring (bicyclic) bond motifs is 2. The van der Waals surface area contributed by atoms with Crippen molar-refractivity contribution in [1.82, 2.24) is 10.2 Å². The van der Waals surface area contributed by atoms with Crippen LogP contribution in [-0.4, -0.2) is 36.0 Å². The van der Waals surface area contributed by atoms with Gasteiger partial charge < -0.3 is 10.2 Å². The van der Waals surface area contributed by atoms with Crippen molar-refractivity contribution in [3.8, 4) is 0 Å². The highest BCUT2D eigenvalue weighted by Gasteiger charge is 2.41. The Balaban J connectivity index is 0.00000225. The number of nitrogens with zero attached hydrogens (tertiary/aromatic N) is 1. The van der Waals surface area contributed by atoms with Gasteiger partial charge in [0.15, 0.2) is 0 Å². The van der Waals surface area contributed by atoms with Gasteiger partial charge in [0.25, 0.3) is 0 Å². The van der Waals surface area contributed by atoms with Gasteiger partial charge in [-0.25, -0.2) is 8.78 Å². The lowest BCUT2D eigenvalue weighted by Gasteiger charge is -2.31. The number of amides is 1. The molecule has 3 unspecified atom stereocenters. The van der Waals surface area contributed by atoms with Crippen molar-refractivity contribution in [1.29, 1.82) is 0 Å². The predicted molar refractivity (Wildman–Crippen MR) is 110 cm³/mol. The molecule has 4 rings (SSSR count). The van der Waals surface area contributed by atoms with Gasteiger partial charge in [0, 0.05) is 29.6 Å². The van der Waals surface area contributed by atoms with E-state index in [4.69, 9.17) is 0 Å². The highest BCUT2D eigenvalue weighted by atomic mass is 35.5. The molecule has 7 heteroatoms. The van der Waals surface area contributed by atoms with Gasteiger partial charge in [-0.05, 0) is 43.5 Å². The van der Waals surface area contributed by atoms with E-state index >= 15 is 0 Å². The molecular formula is C21H23ClF2N2OS. The third kappa shape index (κ3) is 4.34. The van der Waals surface area contributed by atoms with E-state index in [1.165, 1.54) is 12.1 Å². The number of thioether (sulfide) groups is 1. The SMILES string of the molecule is Cl.O=C(C(Sc1ccc(F)cc1F)c1ccccc1)N1C2CCNCC1CC2. The van der Waals surface area contributed by atoms with E-state index in [9.17, 15) is 13.6 Å². The highest BCUT2D eigenvalue weighted by molar-refractivity contribution is 8.00. The monoisotopic (exact) mass is 424 g/mol. The lowest BCUT2D eigenvalue weighted by molar-refractivity contribution is -0.133. The summed E-state index contributed by atoms with van der Waals surface area (Å²) in [5, 5.41) is 2.86. The highest BCUT2D eigenvalue weighted by Crippen LogP contribution is 2.41. The first-order chi connectivity index (χ1) is 13.1. The quantitative estimate of drug-likeness (QED) is 0.729. The Kier molecular flexibility index (Phi) is 6.96. The summed E-state index contributed by atoms with van der Waals surface area (Å²) in [7, 11) is 0. The average molecular weight is 425 g/mol. The van der Waals surface area contributed by atoms with Crippen LogP contribution in [0.3, 0.4) is 0 Å². The zero-order valence-electron chi connectivity index (χ0n) is 15.3. The van der Waals surface area contributed by atoms with Crippen molar-refractivity contribution < 1.29 is 13.6 Å². The fraction of sp³-hybridized carbons (Fsp3) is 0.381. The van der Waals surface area contributed by atoms with Crippen molar-refractivity contribution in [2.45, 2.75) is 41.5 Å². The van der Waals surface area contributed by atoms with Crippen LogP contribution in [0.2, 0.25) is 0 Å². The molecule has 2 fully saturated rings. The van der Waals surface area contributed by atoms with Gasteiger partial charge in [-0.1, -0.05) is 30.3 Å². The molecule has 28 heavy (non-hydrogen) atoms. The van der Waals surface area contributed by atoms with Crippen LogP contribution >= 0.6 is 24.2 Å². The minimum atomic E-state index is -0.630. The molecule has 1 N–H and O–H groups in total. The third-order valence-corrected chi connectivity index (χ3v) is 6.67. The van der Waals surface area contributed by atoms with Gasteiger partial charge >= 0.3 is 0 Å². The standard InChI is InChI=1S/C21H22F2N2OS.ClH/c22-15-6-9-19(18(23)12-15)27-20(14-4-2-1-3-5-14)21(26)25-16-7-8-17(25)13-24-11-10-16;/h1-6,9,12,16-17,20,24H,7-8,10-11,13H2;1H. The molecule has 2 aromatic rings. The summed E-state index contributed by atoms with van der Waals surface area (Å²) >= 11 is 1.16. The number of halogens is 3. The van der Waals surface area contributed by atoms with Crippen molar-refractivity contribution in [2.24, 2.45) is 0 Å². The Morgan fingerprint density at radius 3 is 2.57 bits per heavy atom. The maximum atomic E-state index is 14.3.